The van der Waals surface area contributed by atoms with Crippen molar-refractivity contribution in [3.63, 3.8) is 0 Å². The third kappa shape index (κ3) is 2.65. The summed E-state index contributed by atoms with van der Waals surface area (Å²) in [4.78, 5) is 31.8. The van der Waals surface area contributed by atoms with Gasteiger partial charge in [0.25, 0.3) is 5.56 Å². The van der Waals surface area contributed by atoms with E-state index < -0.39 is 12.1 Å². The van der Waals surface area contributed by atoms with E-state index in [1.54, 1.807) is 25.1 Å². The molecule has 0 amide bonds. The molecule has 0 unspecified atom stereocenters. The van der Waals surface area contributed by atoms with Crippen LogP contribution in [0.3, 0.4) is 0 Å². The third-order valence-corrected chi connectivity index (χ3v) is 4.34. The molecular formula is C16H14N2O3S. The summed E-state index contributed by atoms with van der Waals surface area (Å²) in [5.41, 5.74) is 1.22. The van der Waals surface area contributed by atoms with Crippen LogP contribution in [0.1, 0.15) is 34.1 Å². The zero-order chi connectivity index (χ0) is 15.7. The van der Waals surface area contributed by atoms with Crippen LogP contribution in [0.25, 0.3) is 10.9 Å². The molecule has 0 saturated carbocycles. The maximum absolute atomic E-state index is 12.1. The van der Waals surface area contributed by atoms with Gasteiger partial charge in [0, 0.05) is 0 Å². The topological polar surface area (TPSA) is 72.0 Å². The molecule has 22 heavy (non-hydrogen) atoms. The molecule has 1 atom stereocenters. The van der Waals surface area contributed by atoms with E-state index in [-0.39, 0.29) is 5.56 Å². The highest BCUT2D eigenvalue weighted by molar-refractivity contribution is 7.12. The average molecular weight is 314 g/mol. The van der Waals surface area contributed by atoms with Gasteiger partial charge >= 0.3 is 5.97 Å². The predicted octanol–water partition coefficient (Wildman–Crippen LogP) is 3.21. The lowest BCUT2D eigenvalue weighted by atomic mass is 10.2. The fourth-order valence-electron chi connectivity index (χ4n) is 2.15. The lowest BCUT2D eigenvalue weighted by molar-refractivity contribution is 0.0325. The quantitative estimate of drug-likeness (QED) is 0.753. The molecule has 5 nitrogen and oxygen atoms in total. The van der Waals surface area contributed by atoms with E-state index in [4.69, 9.17) is 4.74 Å². The van der Waals surface area contributed by atoms with Crippen LogP contribution in [0.5, 0.6) is 0 Å². The normalized spacial score (nSPS) is 12.3. The number of carbonyl (C=O) groups excluding carboxylic acids is 1. The number of aromatic nitrogens is 2. The third-order valence-electron chi connectivity index (χ3n) is 3.35. The number of ether oxygens (including phenoxy) is 1. The predicted molar refractivity (Wildman–Crippen MR) is 85.3 cm³/mol. The molecule has 0 aliphatic carbocycles. The molecule has 6 heteroatoms. The smallest absolute Gasteiger partial charge is 0.349 e. The maximum Gasteiger partial charge on any atom is 0.349 e. The Morgan fingerprint density at radius 1 is 1.32 bits per heavy atom. The van der Waals surface area contributed by atoms with Gasteiger partial charge in [0.05, 0.1) is 10.9 Å². The molecule has 3 aromatic rings. The van der Waals surface area contributed by atoms with Gasteiger partial charge in [0.2, 0.25) is 0 Å². The molecule has 0 fully saturated rings. The van der Waals surface area contributed by atoms with Gasteiger partial charge in [-0.25, -0.2) is 9.78 Å². The number of benzene rings is 1. The van der Waals surface area contributed by atoms with Crippen molar-refractivity contribution in [2.75, 3.05) is 0 Å². The first kappa shape index (κ1) is 14.5. The van der Waals surface area contributed by atoms with Crippen LogP contribution in [-0.4, -0.2) is 15.9 Å². The Kier molecular flexibility index (Phi) is 3.77. The van der Waals surface area contributed by atoms with Crippen LogP contribution in [0, 0.1) is 6.92 Å². The lowest BCUT2D eigenvalue weighted by Crippen LogP contribution is -2.17. The monoisotopic (exact) mass is 314 g/mol. The van der Waals surface area contributed by atoms with Gasteiger partial charge in [-0.3, -0.25) is 4.79 Å². The van der Waals surface area contributed by atoms with Crippen molar-refractivity contribution in [2.24, 2.45) is 0 Å². The van der Waals surface area contributed by atoms with Gasteiger partial charge in [-0.15, -0.1) is 11.3 Å². The first-order valence-electron chi connectivity index (χ1n) is 6.80. The molecule has 3 rings (SSSR count). The molecule has 112 valence electrons. The molecule has 0 radical (unpaired) electrons. The number of fused-ring (bicyclic) bond motifs is 1. The molecule has 0 saturated heterocycles. The van der Waals surface area contributed by atoms with E-state index in [0.29, 0.717) is 21.6 Å². The van der Waals surface area contributed by atoms with Gasteiger partial charge < -0.3 is 9.72 Å². The number of hydrogen-bond donors (Lipinski definition) is 1. The summed E-state index contributed by atoms with van der Waals surface area (Å²) in [6.45, 7) is 3.54. The second kappa shape index (κ2) is 5.73. The minimum atomic E-state index is -0.633. The Balaban J connectivity index is 1.89. The second-order valence-corrected chi connectivity index (χ2v) is 5.86. The number of aryl methyl sites for hydroxylation is 1. The lowest BCUT2D eigenvalue weighted by Gasteiger charge is -2.12. The highest BCUT2D eigenvalue weighted by Gasteiger charge is 2.18. The van der Waals surface area contributed by atoms with Crippen LogP contribution in [-0.2, 0) is 4.74 Å². The molecule has 0 spiro atoms. The number of carbonyl (C=O) groups is 1. The number of rotatable bonds is 3. The number of nitrogens with one attached hydrogen (secondary N) is 1. The molecule has 2 aromatic heterocycles. The highest BCUT2D eigenvalue weighted by atomic mass is 32.1. The summed E-state index contributed by atoms with van der Waals surface area (Å²) in [6, 6.07) is 8.91. The maximum atomic E-state index is 12.1. The number of para-hydroxylation sites is 1. The largest absolute Gasteiger partial charge is 0.450 e. The number of aromatic amines is 1. The minimum Gasteiger partial charge on any atom is -0.450 e. The highest BCUT2D eigenvalue weighted by Crippen LogP contribution is 2.21. The first-order chi connectivity index (χ1) is 10.6. The zero-order valence-electron chi connectivity index (χ0n) is 12.1. The summed E-state index contributed by atoms with van der Waals surface area (Å²) in [7, 11) is 0. The van der Waals surface area contributed by atoms with Crippen LogP contribution < -0.4 is 5.56 Å². The first-order valence-corrected chi connectivity index (χ1v) is 7.68. The molecule has 0 aliphatic heterocycles. The van der Waals surface area contributed by atoms with E-state index in [2.05, 4.69) is 9.97 Å². The Bertz CT molecular complexity index is 898. The van der Waals surface area contributed by atoms with Crippen molar-refractivity contribution in [3.05, 3.63) is 62.3 Å². The van der Waals surface area contributed by atoms with E-state index in [9.17, 15) is 9.59 Å². The van der Waals surface area contributed by atoms with Crippen molar-refractivity contribution in [3.8, 4) is 0 Å². The van der Waals surface area contributed by atoms with Crippen LogP contribution in [0.2, 0.25) is 0 Å². The number of esters is 1. The van der Waals surface area contributed by atoms with Crippen molar-refractivity contribution in [1.82, 2.24) is 9.97 Å². The fourth-order valence-corrected chi connectivity index (χ4v) is 2.96. The van der Waals surface area contributed by atoms with E-state index in [0.717, 1.165) is 5.56 Å². The SMILES string of the molecule is Cc1ccsc1C(=O)O[C@H](C)c1nc2ccccc2c(=O)[nH]1. The van der Waals surface area contributed by atoms with Crippen molar-refractivity contribution >= 4 is 28.2 Å². The zero-order valence-corrected chi connectivity index (χ0v) is 12.9. The molecule has 1 N–H and O–H groups in total. The van der Waals surface area contributed by atoms with Gasteiger partial charge in [-0.1, -0.05) is 12.1 Å². The average Bonchev–Trinajstić information content (AvgIpc) is 2.93. The van der Waals surface area contributed by atoms with Gasteiger partial charge in [-0.05, 0) is 43.0 Å². The number of thiophene rings is 1. The summed E-state index contributed by atoms with van der Waals surface area (Å²) in [6.07, 6.45) is -0.633. The summed E-state index contributed by atoms with van der Waals surface area (Å²) in [5.74, 6) is -0.0675. The van der Waals surface area contributed by atoms with Gasteiger partial charge in [0.1, 0.15) is 4.88 Å². The molecular weight excluding hydrogens is 300 g/mol. The second-order valence-electron chi connectivity index (χ2n) is 4.95. The molecule has 0 bridgehead atoms. The Labute approximate surface area is 130 Å². The van der Waals surface area contributed by atoms with Crippen molar-refractivity contribution < 1.29 is 9.53 Å². The van der Waals surface area contributed by atoms with Gasteiger partial charge in [-0.2, -0.15) is 0 Å². The number of nitrogens with zero attached hydrogens (tertiary/aromatic N) is 1. The van der Waals surface area contributed by atoms with Crippen LogP contribution >= 0.6 is 11.3 Å². The van der Waals surface area contributed by atoms with E-state index >= 15 is 0 Å². The standard InChI is InChI=1S/C16H14N2O3S/c1-9-7-8-22-13(9)16(20)21-10(2)14-17-12-6-4-3-5-11(12)15(19)18-14/h3-8,10H,1-2H3,(H,17,18,19)/t10-/m1/s1. The molecule has 2 heterocycles. The minimum absolute atomic E-state index is 0.240. The van der Waals surface area contributed by atoms with Gasteiger partial charge in [0.15, 0.2) is 11.9 Å². The Morgan fingerprint density at radius 2 is 2.09 bits per heavy atom. The fraction of sp³-hybridized carbons (Fsp3) is 0.188. The van der Waals surface area contributed by atoms with Crippen LogP contribution in [0.4, 0.5) is 0 Å². The Hall–Kier alpha value is -2.47. The summed E-state index contributed by atoms with van der Waals surface area (Å²) >= 11 is 1.33. The van der Waals surface area contributed by atoms with Crippen LogP contribution in [0.15, 0.2) is 40.5 Å². The molecule has 0 aliphatic rings. The van der Waals surface area contributed by atoms with E-state index in [1.807, 2.05) is 24.4 Å². The van der Waals surface area contributed by atoms with Crippen molar-refractivity contribution in [2.45, 2.75) is 20.0 Å². The summed E-state index contributed by atoms with van der Waals surface area (Å²) < 4.78 is 5.40. The summed E-state index contributed by atoms with van der Waals surface area (Å²) in [5, 5.41) is 2.35. The molecule has 1 aromatic carbocycles. The van der Waals surface area contributed by atoms with Crippen molar-refractivity contribution in [1.29, 1.82) is 0 Å². The van der Waals surface area contributed by atoms with E-state index in [1.165, 1.54) is 11.3 Å². The number of hydrogen-bond acceptors (Lipinski definition) is 5. The number of H-pyrrole nitrogens is 1. The Morgan fingerprint density at radius 3 is 2.82 bits per heavy atom.